The summed E-state index contributed by atoms with van der Waals surface area (Å²) < 4.78 is 114. The maximum atomic E-state index is 12.7. The van der Waals surface area contributed by atoms with Gasteiger partial charge >= 0.3 is 6.36 Å². The molecule has 0 amide bonds. The molecule has 0 spiro atoms. The van der Waals surface area contributed by atoms with Crippen molar-refractivity contribution in [2.75, 3.05) is 38.8 Å². The Morgan fingerprint density at radius 2 is 1.74 bits per heavy atom. The zero-order valence-corrected chi connectivity index (χ0v) is 22.5. The van der Waals surface area contributed by atoms with Gasteiger partial charge in [0.05, 0.1) is 31.7 Å². The van der Waals surface area contributed by atoms with E-state index in [2.05, 4.69) is 10.1 Å². The van der Waals surface area contributed by atoms with Gasteiger partial charge in [-0.1, -0.05) is 30.3 Å². The van der Waals surface area contributed by atoms with E-state index >= 15 is 0 Å². The van der Waals surface area contributed by atoms with Crippen molar-refractivity contribution in [3.63, 3.8) is 0 Å². The molecule has 4 rings (SSSR count). The maximum absolute atomic E-state index is 12.7. The minimum atomic E-state index is -4.86. The standard InChI is InChI=1S/C23H27F3N2O9S2/c1-38(29,30)36-22(37-39(2,31)32)15-27-10-11-28(22)21-18-8-3-4-9-19(18)34-14-20(21)33-13-16-6-5-7-17(12-16)35-23(24,25)26/h3-9,12,20-21,27H,10-11,13-15H2,1-2H3. The first kappa shape index (κ1) is 29.5. The van der Waals surface area contributed by atoms with Gasteiger partial charge in [-0.25, -0.2) is 13.3 Å². The van der Waals surface area contributed by atoms with Crippen LogP contribution in [0, 0.1) is 0 Å². The van der Waals surface area contributed by atoms with Crippen LogP contribution < -0.4 is 14.8 Å². The first-order chi connectivity index (χ1) is 18.1. The monoisotopic (exact) mass is 596 g/mol. The van der Waals surface area contributed by atoms with Crippen LogP contribution in [0.1, 0.15) is 17.2 Å². The molecule has 2 aliphatic heterocycles. The number of halogens is 3. The fraction of sp³-hybridized carbons (Fsp3) is 0.478. The van der Waals surface area contributed by atoms with Gasteiger partial charge in [0.1, 0.15) is 24.2 Å². The van der Waals surface area contributed by atoms with Gasteiger partial charge in [0.2, 0.25) is 0 Å². The SMILES string of the molecule is CS(=O)(=O)OC1(OS(C)(=O)=O)CNCCN1C1c2ccccc2OCC1OCc1cccc(OC(F)(F)F)c1. The Labute approximate surface area is 224 Å². The van der Waals surface area contributed by atoms with E-state index in [0.29, 0.717) is 23.4 Å². The lowest BCUT2D eigenvalue weighted by molar-refractivity contribution is -0.274. The van der Waals surface area contributed by atoms with E-state index in [1.165, 1.54) is 17.0 Å². The van der Waals surface area contributed by atoms with Gasteiger partial charge in [0, 0.05) is 18.7 Å². The third-order valence-electron chi connectivity index (χ3n) is 5.80. The summed E-state index contributed by atoms with van der Waals surface area (Å²) in [6, 6.07) is 11.3. The molecule has 1 N–H and O–H groups in total. The lowest BCUT2D eigenvalue weighted by atomic mass is 9.95. The molecule has 1 fully saturated rings. The predicted octanol–water partition coefficient (Wildman–Crippen LogP) is 2.12. The average molecular weight is 597 g/mol. The molecule has 0 bridgehead atoms. The number of nitrogens with one attached hydrogen (secondary N) is 1. The molecule has 2 unspecified atom stereocenters. The highest BCUT2D eigenvalue weighted by Gasteiger charge is 2.53. The van der Waals surface area contributed by atoms with Gasteiger partial charge in [0.15, 0.2) is 0 Å². The van der Waals surface area contributed by atoms with Crippen LogP contribution in [0.5, 0.6) is 11.5 Å². The third kappa shape index (κ3) is 7.81. The summed E-state index contributed by atoms with van der Waals surface area (Å²) in [6.45, 7) is -0.126. The second kappa shape index (κ2) is 11.2. The number of hydrogen-bond acceptors (Lipinski definition) is 11. The zero-order chi connectivity index (χ0) is 28.5. The van der Waals surface area contributed by atoms with Crippen molar-refractivity contribution in [3.8, 4) is 11.5 Å². The van der Waals surface area contributed by atoms with Crippen molar-refractivity contribution in [1.82, 2.24) is 10.2 Å². The molecule has 216 valence electrons. The van der Waals surface area contributed by atoms with Gasteiger partial charge in [-0.15, -0.1) is 13.2 Å². The second-order valence-electron chi connectivity index (χ2n) is 9.00. The second-order valence-corrected chi connectivity index (χ2v) is 12.1. The Hall–Kier alpha value is -2.47. The fourth-order valence-corrected chi connectivity index (χ4v) is 5.94. The van der Waals surface area contributed by atoms with Crippen molar-refractivity contribution in [3.05, 3.63) is 59.7 Å². The van der Waals surface area contributed by atoms with Gasteiger partial charge < -0.3 is 19.5 Å². The highest BCUT2D eigenvalue weighted by atomic mass is 32.2. The number of alkyl halides is 3. The Balaban J connectivity index is 1.70. The third-order valence-corrected chi connectivity index (χ3v) is 6.93. The lowest BCUT2D eigenvalue weighted by Gasteiger charge is -2.50. The highest BCUT2D eigenvalue weighted by Crippen LogP contribution is 2.43. The van der Waals surface area contributed by atoms with Gasteiger partial charge in [-0.2, -0.15) is 16.8 Å². The molecule has 2 atom stereocenters. The zero-order valence-electron chi connectivity index (χ0n) is 20.9. The van der Waals surface area contributed by atoms with E-state index in [4.69, 9.17) is 17.8 Å². The molecule has 0 saturated carbocycles. The molecule has 2 heterocycles. The van der Waals surface area contributed by atoms with Crippen LogP contribution in [0.25, 0.3) is 0 Å². The first-order valence-corrected chi connectivity index (χ1v) is 15.2. The number of para-hydroxylation sites is 1. The van der Waals surface area contributed by atoms with Crippen molar-refractivity contribution in [2.45, 2.75) is 31.0 Å². The summed E-state index contributed by atoms with van der Waals surface area (Å²) in [5.74, 6) is -2.26. The number of nitrogens with zero attached hydrogens (tertiary/aromatic N) is 1. The number of piperazine rings is 1. The van der Waals surface area contributed by atoms with Gasteiger partial charge in [-0.05, 0) is 23.8 Å². The summed E-state index contributed by atoms with van der Waals surface area (Å²) in [7, 11) is -8.49. The Morgan fingerprint density at radius 1 is 1.05 bits per heavy atom. The summed E-state index contributed by atoms with van der Waals surface area (Å²) in [5, 5.41) is 2.91. The first-order valence-electron chi connectivity index (χ1n) is 11.6. The van der Waals surface area contributed by atoms with Crippen LogP contribution in [0.2, 0.25) is 0 Å². The van der Waals surface area contributed by atoms with Crippen LogP contribution in [-0.2, 0) is 39.9 Å². The van der Waals surface area contributed by atoms with E-state index in [0.717, 1.165) is 18.6 Å². The van der Waals surface area contributed by atoms with Gasteiger partial charge in [0.25, 0.3) is 26.1 Å². The smallest absolute Gasteiger partial charge is 0.490 e. The van der Waals surface area contributed by atoms with Gasteiger partial charge in [-0.3, -0.25) is 0 Å². The molecule has 1 saturated heterocycles. The minimum Gasteiger partial charge on any atom is -0.490 e. The van der Waals surface area contributed by atoms with Crippen LogP contribution >= 0.6 is 0 Å². The maximum Gasteiger partial charge on any atom is 0.573 e. The topological polar surface area (TPSA) is 130 Å². The predicted molar refractivity (Wildman–Crippen MR) is 131 cm³/mol. The molecular weight excluding hydrogens is 569 g/mol. The molecular formula is C23H27F3N2O9S2. The molecule has 0 aromatic heterocycles. The molecule has 2 aliphatic rings. The van der Waals surface area contributed by atoms with E-state index in [1.54, 1.807) is 30.3 Å². The van der Waals surface area contributed by atoms with Crippen molar-refractivity contribution < 1.29 is 52.6 Å². The molecule has 39 heavy (non-hydrogen) atoms. The van der Waals surface area contributed by atoms with Crippen LogP contribution in [0.4, 0.5) is 13.2 Å². The number of hydrogen-bond donors (Lipinski definition) is 1. The molecule has 11 nitrogen and oxygen atoms in total. The number of rotatable bonds is 9. The average Bonchev–Trinajstić information content (AvgIpc) is 2.80. The Kier molecular flexibility index (Phi) is 8.47. The number of benzene rings is 2. The highest BCUT2D eigenvalue weighted by molar-refractivity contribution is 7.86. The molecule has 2 aromatic carbocycles. The quantitative estimate of drug-likeness (QED) is 0.338. The Bertz CT molecular complexity index is 1350. The molecule has 16 heteroatoms. The van der Waals surface area contributed by atoms with E-state index in [1.807, 2.05) is 0 Å². The molecule has 2 aromatic rings. The van der Waals surface area contributed by atoms with E-state index in [9.17, 15) is 30.0 Å². The minimum absolute atomic E-state index is 0.0435. The van der Waals surface area contributed by atoms with Crippen molar-refractivity contribution in [2.24, 2.45) is 0 Å². The largest absolute Gasteiger partial charge is 0.573 e. The lowest BCUT2D eigenvalue weighted by Crippen LogP contribution is -2.67. The summed E-state index contributed by atoms with van der Waals surface area (Å²) in [6.07, 6.45) is -4.17. The fourth-order valence-electron chi connectivity index (χ4n) is 4.57. The molecule has 0 aliphatic carbocycles. The molecule has 0 radical (unpaired) electrons. The van der Waals surface area contributed by atoms with E-state index in [-0.39, 0.29) is 26.3 Å². The normalized spacial score (nSPS) is 22.1. The number of fused-ring (bicyclic) bond motifs is 1. The van der Waals surface area contributed by atoms with Crippen molar-refractivity contribution in [1.29, 1.82) is 0 Å². The number of ether oxygens (including phenoxy) is 3. The van der Waals surface area contributed by atoms with E-state index < -0.39 is 50.4 Å². The van der Waals surface area contributed by atoms with Crippen LogP contribution in [0.15, 0.2) is 48.5 Å². The summed E-state index contributed by atoms with van der Waals surface area (Å²) >= 11 is 0. The Morgan fingerprint density at radius 3 is 2.41 bits per heavy atom. The van der Waals surface area contributed by atoms with Crippen LogP contribution in [0.3, 0.4) is 0 Å². The van der Waals surface area contributed by atoms with Crippen LogP contribution in [-0.4, -0.2) is 78.9 Å². The summed E-state index contributed by atoms with van der Waals surface area (Å²) in [5.41, 5.74) is 0.907. The summed E-state index contributed by atoms with van der Waals surface area (Å²) in [4.78, 5) is 1.45. The van der Waals surface area contributed by atoms with Crippen molar-refractivity contribution >= 4 is 20.2 Å².